The summed E-state index contributed by atoms with van der Waals surface area (Å²) in [4.78, 5) is 21.7. The summed E-state index contributed by atoms with van der Waals surface area (Å²) in [5.41, 5.74) is 4.32. The van der Waals surface area contributed by atoms with Gasteiger partial charge in [-0.25, -0.2) is 4.98 Å². The first-order valence-corrected chi connectivity index (χ1v) is 14.2. The van der Waals surface area contributed by atoms with Crippen LogP contribution in [0.4, 0.5) is 0 Å². The molecule has 0 bridgehead atoms. The number of amides is 1. The number of nitrogens with one attached hydrogen (secondary N) is 1. The van der Waals surface area contributed by atoms with E-state index in [0.29, 0.717) is 24.7 Å². The third-order valence-corrected chi connectivity index (χ3v) is 7.53. The van der Waals surface area contributed by atoms with Gasteiger partial charge in [-0.2, -0.15) is 0 Å². The molecule has 0 saturated carbocycles. The molecular weight excluding hydrogens is 512 g/mol. The monoisotopic (exact) mass is 546 g/mol. The van der Waals surface area contributed by atoms with E-state index in [1.165, 1.54) is 16.7 Å². The van der Waals surface area contributed by atoms with Crippen molar-refractivity contribution in [3.63, 3.8) is 0 Å². The number of rotatable bonds is 13. The lowest BCUT2D eigenvalue weighted by molar-refractivity contribution is 0.0946. The van der Waals surface area contributed by atoms with E-state index in [1.54, 1.807) is 11.3 Å². The van der Waals surface area contributed by atoms with Crippen molar-refractivity contribution in [1.82, 2.24) is 20.1 Å². The van der Waals surface area contributed by atoms with E-state index >= 15 is 0 Å². The third kappa shape index (κ3) is 8.50. The van der Waals surface area contributed by atoms with E-state index in [4.69, 9.17) is 11.6 Å². The van der Waals surface area contributed by atoms with Crippen LogP contribution in [0.25, 0.3) is 0 Å². The number of hydrogen-bond donors (Lipinski definition) is 1. The molecule has 198 valence electrons. The second kappa shape index (κ2) is 14.2. The standard InChI is InChI=1S/C31H35ClN4OS/c1-35(2)20-18-33-31(37)29-23-38-30(34-29)22-36(21-24-13-15-27(32)16-14-24)19-17-28(25-9-5-3-6-10-25)26-11-7-4-8-12-26/h3-16,23,28H,17-22H2,1-2H3,(H,33,37). The SMILES string of the molecule is CN(C)CCNC(=O)c1csc(CN(CCC(c2ccccc2)c2ccccc2)Cc2ccc(Cl)cc2)n1. The lowest BCUT2D eigenvalue weighted by Crippen LogP contribution is -2.31. The van der Waals surface area contributed by atoms with Gasteiger partial charge in [-0.3, -0.25) is 9.69 Å². The molecule has 0 spiro atoms. The van der Waals surface area contributed by atoms with Crippen molar-refractivity contribution >= 4 is 28.8 Å². The maximum Gasteiger partial charge on any atom is 0.270 e. The summed E-state index contributed by atoms with van der Waals surface area (Å²) in [6.45, 7) is 3.72. The van der Waals surface area contributed by atoms with Crippen LogP contribution in [-0.2, 0) is 13.1 Å². The first kappa shape index (κ1) is 28.0. The maximum atomic E-state index is 12.6. The van der Waals surface area contributed by atoms with E-state index in [0.717, 1.165) is 36.1 Å². The molecule has 1 N–H and O–H groups in total. The van der Waals surface area contributed by atoms with Gasteiger partial charge in [0.2, 0.25) is 0 Å². The highest BCUT2D eigenvalue weighted by Crippen LogP contribution is 2.29. The van der Waals surface area contributed by atoms with Crippen LogP contribution in [0.1, 0.15) is 44.5 Å². The third-order valence-electron chi connectivity index (χ3n) is 6.45. The number of hydrogen-bond acceptors (Lipinski definition) is 5. The molecule has 5 nitrogen and oxygen atoms in total. The Labute approximate surface area is 235 Å². The number of nitrogens with zero attached hydrogens (tertiary/aromatic N) is 3. The Bertz CT molecular complexity index is 1220. The minimum absolute atomic E-state index is 0.119. The van der Waals surface area contributed by atoms with E-state index < -0.39 is 0 Å². The van der Waals surface area contributed by atoms with Crippen LogP contribution in [0.5, 0.6) is 0 Å². The van der Waals surface area contributed by atoms with Gasteiger partial charge in [-0.15, -0.1) is 11.3 Å². The highest BCUT2D eigenvalue weighted by molar-refractivity contribution is 7.09. The Hall–Kier alpha value is -3.03. The smallest absolute Gasteiger partial charge is 0.270 e. The van der Waals surface area contributed by atoms with Gasteiger partial charge < -0.3 is 10.2 Å². The molecule has 0 fully saturated rings. The number of carbonyl (C=O) groups excluding carboxylic acids is 1. The topological polar surface area (TPSA) is 48.5 Å². The average Bonchev–Trinajstić information content (AvgIpc) is 3.39. The zero-order valence-corrected chi connectivity index (χ0v) is 23.6. The molecule has 0 aliphatic heterocycles. The van der Waals surface area contributed by atoms with Crippen molar-refractivity contribution in [3.8, 4) is 0 Å². The Morgan fingerprint density at radius 3 is 2.13 bits per heavy atom. The molecule has 7 heteroatoms. The highest BCUT2D eigenvalue weighted by Gasteiger charge is 2.18. The van der Waals surface area contributed by atoms with Crippen molar-refractivity contribution < 1.29 is 4.79 Å². The van der Waals surface area contributed by atoms with Crippen LogP contribution in [0.15, 0.2) is 90.3 Å². The first-order chi connectivity index (χ1) is 18.5. The van der Waals surface area contributed by atoms with Gasteiger partial charge in [0.25, 0.3) is 5.91 Å². The highest BCUT2D eigenvalue weighted by atomic mass is 35.5. The van der Waals surface area contributed by atoms with E-state index in [9.17, 15) is 4.79 Å². The van der Waals surface area contributed by atoms with Crippen molar-refractivity contribution in [3.05, 3.63) is 123 Å². The normalized spacial score (nSPS) is 11.4. The summed E-state index contributed by atoms with van der Waals surface area (Å²) in [7, 11) is 3.98. The number of benzene rings is 3. The number of likely N-dealkylation sites (N-methyl/N-ethyl adjacent to an activating group) is 1. The predicted octanol–water partition coefficient (Wildman–Crippen LogP) is 6.31. The molecule has 1 heterocycles. The summed E-state index contributed by atoms with van der Waals surface area (Å²) in [5.74, 6) is 0.172. The summed E-state index contributed by atoms with van der Waals surface area (Å²) in [5, 5.41) is 6.49. The molecule has 1 aromatic heterocycles. The largest absolute Gasteiger partial charge is 0.349 e. The zero-order chi connectivity index (χ0) is 26.7. The fourth-order valence-corrected chi connectivity index (χ4v) is 5.37. The van der Waals surface area contributed by atoms with Crippen LogP contribution in [-0.4, -0.2) is 54.4 Å². The summed E-state index contributed by atoms with van der Waals surface area (Å²) in [6, 6.07) is 29.4. The number of aromatic nitrogens is 1. The van der Waals surface area contributed by atoms with E-state index in [1.807, 2.05) is 36.5 Å². The molecule has 3 aromatic carbocycles. The van der Waals surface area contributed by atoms with Crippen LogP contribution in [0, 0.1) is 0 Å². The molecule has 38 heavy (non-hydrogen) atoms. The molecule has 0 aliphatic rings. The second-order valence-corrected chi connectivity index (χ2v) is 11.1. The van der Waals surface area contributed by atoms with Crippen molar-refractivity contribution in [2.24, 2.45) is 0 Å². The quantitative estimate of drug-likeness (QED) is 0.213. The minimum atomic E-state index is -0.119. The van der Waals surface area contributed by atoms with E-state index in [-0.39, 0.29) is 5.91 Å². The predicted molar refractivity (Wildman–Crippen MR) is 158 cm³/mol. The van der Waals surface area contributed by atoms with Crippen LogP contribution in [0.2, 0.25) is 5.02 Å². The summed E-state index contributed by atoms with van der Waals surface area (Å²) in [6.07, 6.45) is 0.963. The Morgan fingerprint density at radius 1 is 0.895 bits per heavy atom. The molecule has 4 aromatic rings. The molecule has 0 atom stereocenters. The number of halogens is 1. The van der Waals surface area contributed by atoms with Crippen molar-refractivity contribution in [2.45, 2.75) is 25.4 Å². The van der Waals surface area contributed by atoms with Gasteiger partial charge in [0.05, 0.1) is 6.54 Å². The van der Waals surface area contributed by atoms with Crippen LogP contribution in [0.3, 0.4) is 0 Å². The van der Waals surface area contributed by atoms with Crippen LogP contribution >= 0.6 is 22.9 Å². The van der Waals surface area contributed by atoms with Gasteiger partial charge in [-0.05, 0) is 55.9 Å². The fraction of sp³-hybridized carbons (Fsp3) is 0.290. The van der Waals surface area contributed by atoms with Gasteiger partial charge >= 0.3 is 0 Å². The molecule has 0 saturated heterocycles. The second-order valence-electron chi connectivity index (χ2n) is 9.69. The number of carbonyl (C=O) groups is 1. The van der Waals surface area contributed by atoms with Gasteiger partial charge in [0.15, 0.2) is 0 Å². The molecule has 1 amide bonds. The summed E-state index contributed by atoms with van der Waals surface area (Å²) < 4.78 is 0. The Morgan fingerprint density at radius 2 is 1.53 bits per heavy atom. The lowest BCUT2D eigenvalue weighted by atomic mass is 9.88. The zero-order valence-electron chi connectivity index (χ0n) is 22.0. The first-order valence-electron chi connectivity index (χ1n) is 12.9. The average molecular weight is 547 g/mol. The van der Waals surface area contributed by atoms with Gasteiger partial charge in [0.1, 0.15) is 10.7 Å². The molecular formula is C31H35ClN4OS. The Kier molecular flexibility index (Phi) is 10.5. The molecule has 0 unspecified atom stereocenters. The van der Waals surface area contributed by atoms with Crippen LogP contribution < -0.4 is 5.32 Å². The van der Waals surface area contributed by atoms with Gasteiger partial charge in [-0.1, -0.05) is 84.4 Å². The number of thiazole rings is 1. The van der Waals surface area contributed by atoms with Gasteiger partial charge in [0, 0.05) is 36.0 Å². The van der Waals surface area contributed by atoms with Crippen molar-refractivity contribution in [1.29, 1.82) is 0 Å². The molecule has 4 rings (SSSR count). The maximum absolute atomic E-state index is 12.6. The summed E-state index contributed by atoms with van der Waals surface area (Å²) >= 11 is 7.68. The van der Waals surface area contributed by atoms with Crippen molar-refractivity contribution in [2.75, 3.05) is 33.7 Å². The van der Waals surface area contributed by atoms with E-state index in [2.05, 4.69) is 88.0 Å². The molecule has 0 radical (unpaired) electrons. The Balaban J connectivity index is 1.49. The minimum Gasteiger partial charge on any atom is -0.349 e. The molecule has 0 aliphatic carbocycles. The fourth-order valence-electron chi connectivity index (χ4n) is 4.43. The lowest BCUT2D eigenvalue weighted by Gasteiger charge is -2.25.